The van der Waals surface area contributed by atoms with Gasteiger partial charge in [0.15, 0.2) is 6.10 Å². The van der Waals surface area contributed by atoms with Crippen molar-refractivity contribution in [3.63, 3.8) is 0 Å². The molecule has 0 aromatic heterocycles. The summed E-state index contributed by atoms with van der Waals surface area (Å²) in [5.74, 6) is -2.90. The van der Waals surface area contributed by atoms with E-state index in [0.717, 1.165) is 32.1 Å². The number of aliphatic hydroxyl groups is 1. The molecular weight excluding hydrogens is 584 g/mol. The average Bonchev–Trinajstić information content (AvgIpc) is 3.32. The summed E-state index contributed by atoms with van der Waals surface area (Å²) in [5, 5.41) is 10.3. The Morgan fingerprint density at radius 1 is 0.587 bits per heavy atom. The molecule has 46 heavy (non-hydrogen) atoms. The van der Waals surface area contributed by atoms with E-state index in [0.29, 0.717) is 12.8 Å². The third-order valence-electron chi connectivity index (χ3n) is 8.98. The second-order valence-electron chi connectivity index (χ2n) is 13.4. The van der Waals surface area contributed by atoms with Crippen molar-refractivity contribution in [3.8, 4) is 0 Å². The molecule has 3 atom stereocenters. The van der Waals surface area contributed by atoms with E-state index in [1.165, 1.54) is 122 Å². The first-order valence-corrected chi connectivity index (χ1v) is 19.2. The van der Waals surface area contributed by atoms with Gasteiger partial charge in [-0.1, -0.05) is 168 Å². The molecule has 1 fully saturated rings. The number of unbranched alkanes of at least 4 members (excludes halogenated alkanes) is 24. The Labute approximate surface area is 280 Å². The number of Topliss-reactive ketones (excluding diaryl/α,β-unsaturated/α-hetero) is 1. The minimum Gasteiger partial charge on any atom is -0.463 e. The Kier molecular flexibility index (Phi) is 26.7. The van der Waals surface area contributed by atoms with Crippen molar-refractivity contribution in [1.29, 1.82) is 0 Å². The summed E-state index contributed by atoms with van der Waals surface area (Å²) >= 11 is 0. The zero-order valence-electron chi connectivity index (χ0n) is 29.5. The summed E-state index contributed by atoms with van der Waals surface area (Å²) in [6, 6.07) is 0. The fourth-order valence-electron chi connectivity index (χ4n) is 5.99. The highest BCUT2D eigenvalue weighted by Gasteiger charge is 2.49. The molecule has 0 aromatic carbocycles. The average molecular weight is 653 g/mol. The number of hydrogen-bond donors (Lipinski definition) is 1. The first-order chi connectivity index (χ1) is 22.4. The quantitative estimate of drug-likeness (QED) is 0.0331. The third kappa shape index (κ3) is 21.8. The molecule has 1 aliphatic rings. The van der Waals surface area contributed by atoms with Crippen LogP contribution in [0.5, 0.6) is 0 Å². The van der Waals surface area contributed by atoms with E-state index in [-0.39, 0.29) is 12.8 Å². The van der Waals surface area contributed by atoms with Crippen molar-refractivity contribution in [1.82, 2.24) is 0 Å². The number of esters is 3. The van der Waals surface area contributed by atoms with Crippen LogP contribution in [0.15, 0.2) is 0 Å². The lowest BCUT2D eigenvalue weighted by Gasteiger charge is -2.15. The number of carbonyl (C=O) groups is 4. The highest BCUT2D eigenvalue weighted by molar-refractivity contribution is 6.10. The molecule has 0 aromatic rings. The molecule has 1 aliphatic heterocycles. The topological polar surface area (TPSA) is 116 Å². The smallest absolute Gasteiger partial charge is 0.356 e. The van der Waals surface area contributed by atoms with Gasteiger partial charge in [0.2, 0.25) is 5.78 Å². The van der Waals surface area contributed by atoms with Gasteiger partial charge < -0.3 is 19.3 Å². The van der Waals surface area contributed by atoms with E-state index in [1.807, 2.05) is 0 Å². The maximum absolute atomic E-state index is 12.6. The Morgan fingerprint density at radius 3 is 1.33 bits per heavy atom. The Morgan fingerprint density at radius 2 is 0.935 bits per heavy atom. The lowest BCUT2D eigenvalue weighted by atomic mass is 10.0. The van der Waals surface area contributed by atoms with Crippen LogP contribution in [0.3, 0.4) is 0 Å². The van der Waals surface area contributed by atoms with Crippen molar-refractivity contribution >= 4 is 23.7 Å². The SMILES string of the molecule is CCCCCCCCCCCCCCCC(=O)OCC(O)C1OC(=O)C(OC(=O)CCCCCCCCCCCCCCC)C1=O. The molecule has 1 heterocycles. The van der Waals surface area contributed by atoms with Gasteiger partial charge in [-0.3, -0.25) is 14.4 Å². The zero-order valence-corrected chi connectivity index (χ0v) is 29.5. The molecule has 0 amide bonds. The van der Waals surface area contributed by atoms with Crippen LogP contribution in [0, 0.1) is 0 Å². The maximum Gasteiger partial charge on any atom is 0.356 e. The van der Waals surface area contributed by atoms with Gasteiger partial charge in [-0.2, -0.15) is 0 Å². The van der Waals surface area contributed by atoms with E-state index < -0.39 is 48.6 Å². The van der Waals surface area contributed by atoms with Gasteiger partial charge in [-0.05, 0) is 12.8 Å². The van der Waals surface area contributed by atoms with Crippen LogP contribution in [-0.2, 0) is 33.4 Å². The highest BCUT2D eigenvalue weighted by atomic mass is 16.6. The van der Waals surface area contributed by atoms with Gasteiger partial charge in [-0.25, -0.2) is 4.79 Å². The number of aliphatic hydroxyl groups excluding tert-OH is 1. The molecule has 8 heteroatoms. The van der Waals surface area contributed by atoms with Gasteiger partial charge in [-0.15, -0.1) is 0 Å². The summed E-state index contributed by atoms with van der Waals surface area (Å²) in [5.41, 5.74) is 0. The largest absolute Gasteiger partial charge is 0.463 e. The van der Waals surface area contributed by atoms with Crippen molar-refractivity contribution in [2.75, 3.05) is 6.61 Å². The molecule has 8 nitrogen and oxygen atoms in total. The normalized spacial score (nSPS) is 16.8. The van der Waals surface area contributed by atoms with Crippen LogP contribution in [0.4, 0.5) is 0 Å². The number of hydrogen-bond acceptors (Lipinski definition) is 8. The molecule has 1 N–H and O–H groups in total. The molecule has 1 rings (SSSR count). The van der Waals surface area contributed by atoms with Gasteiger partial charge in [0.05, 0.1) is 0 Å². The lowest BCUT2D eigenvalue weighted by Crippen LogP contribution is -2.39. The number of cyclic esters (lactones) is 1. The fourth-order valence-corrected chi connectivity index (χ4v) is 5.99. The van der Waals surface area contributed by atoms with Gasteiger partial charge in [0, 0.05) is 12.8 Å². The second kappa shape index (κ2) is 29.2. The van der Waals surface area contributed by atoms with Gasteiger partial charge in [0.1, 0.15) is 12.7 Å². The van der Waals surface area contributed by atoms with Crippen LogP contribution < -0.4 is 0 Å². The van der Waals surface area contributed by atoms with Crippen LogP contribution in [0.2, 0.25) is 0 Å². The highest BCUT2D eigenvalue weighted by Crippen LogP contribution is 2.20. The Hall–Kier alpha value is -1.96. The first-order valence-electron chi connectivity index (χ1n) is 19.2. The van der Waals surface area contributed by atoms with E-state index in [9.17, 15) is 24.3 Å². The molecule has 0 bridgehead atoms. The third-order valence-corrected chi connectivity index (χ3v) is 8.98. The minimum absolute atomic E-state index is 0.124. The summed E-state index contributed by atoms with van der Waals surface area (Å²) < 4.78 is 15.2. The van der Waals surface area contributed by atoms with E-state index in [4.69, 9.17) is 14.2 Å². The second-order valence-corrected chi connectivity index (χ2v) is 13.4. The Balaban J connectivity index is 2.06. The van der Waals surface area contributed by atoms with E-state index >= 15 is 0 Å². The molecule has 0 saturated carbocycles. The maximum atomic E-state index is 12.6. The van der Waals surface area contributed by atoms with Gasteiger partial charge >= 0.3 is 17.9 Å². The molecule has 3 unspecified atom stereocenters. The number of rotatable bonds is 32. The van der Waals surface area contributed by atoms with Crippen LogP contribution >= 0.6 is 0 Å². The Bertz CT molecular complexity index is 798. The molecular formula is C38H68O8. The van der Waals surface area contributed by atoms with Crippen LogP contribution in [0.25, 0.3) is 0 Å². The first kappa shape index (κ1) is 42.1. The minimum atomic E-state index is -1.67. The summed E-state index contributed by atoms with van der Waals surface area (Å²) in [6.45, 7) is 4.02. The summed E-state index contributed by atoms with van der Waals surface area (Å²) in [4.78, 5) is 49.1. The van der Waals surface area contributed by atoms with Crippen molar-refractivity contribution < 1.29 is 38.5 Å². The van der Waals surface area contributed by atoms with Crippen LogP contribution in [-0.4, -0.2) is 53.7 Å². The monoisotopic (exact) mass is 652 g/mol. The van der Waals surface area contributed by atoms with Crippen molar-refractivity contribution in [2.24, 2.45) is 0 Å². The molecule has 0 radical (unpaired) electrons. The molecule has 0 spiro atoms. The lowest BCUT2D eigenvalue weighted by molar-refractivity contribution is -0.163. The van der Waals surface area contributed by atoms with Crippen molar-refractivity contribution in [2.45, 2.75) is 212 Å². The summed E-state index contributed by atoms with van der Waals surface area (Å²) in [7, 11) is 0. The number of carbonyl (C=O) groups excluding carboxylic acids is 4. The predicted molar refractivity (Wildman–Crippen MR) is 182 cm³/mol. The summed E-state index contributed by atoms with van der Waals surface area (Å²) in [6.07, 6.45) is 26.9. The molecule has 268 valence electrons. The van der Waals surface area contributed by atoms with Crippen LogP contribution in [0.1, 0.15) is 194 Å². The van der Waals surface area contributed by atoms with E-state index in [2.05, 4.69) is 13.8 Å². The standard InChI is InChI=1S/C38H68O8/c1-3-5-7-9-11-13-15-17-19-21-23-25-27-29-33(40)44-31-32(39)36-35(42)37(38(43)46-36)45-34(41)30-28-26-24-22-20-18-16-14-12-10-8-6-4-2/h32,36-37,39H,3-31H2,1-2H3. The molecule has 0 aliphatic carbocycles. The zero-order chi connectivity index (χ0) is 33.7. The predicted octanol–water partition coefficient (Wildman–Crippen LogP) is 9.26. The van der Waals surface area contributed by atoms with Gasteiger partial charge in [0.25, 0.3) is 6.10 Å². The van der Waals surface area contributed by atoms with Crippen molar-refractivity contribution in [3.05, 3.63) is 0 Å². The number of ether oxygens (including phenoxy) is 3. The van der Waals surface area contributed by atoms with E-state index in [1.54, 1.807) is 0 Å². The fraction of sp³-hybridized carbons (Fsp3) is 0.895. The number of ketones is 1. The molecule has 1 saturated heterocycles.